The first-order valence-electron chi connectivity index (χ1n) is 14.6. The number of rotatable bonds is 18. The van der Waals surface area contributed by atoms with E-state index >= 15 is 0 Å². The maximum atomic E-state index is 13.1. The number of hydrogen-bond donors (Lipinski definition) is 2. The first kappa shape index (κ1) is 34.7. The molecule has 0 saturated heterocycles. The van der Waals surface area contributed by atoms with Crippen molar-refractivity contribution < 1.29 is 28.8 Å². The van der Waals surface area contributed by atoms with Crippen LogP contribution < -0.4 is 24.3 Å². The molecule has 2 atom stereocenters. The number of likely N-dealkylation sites (N-methyl/N-ethyl adjacent to an activating group) is 1. The van der Waals surface area contributed by atoms with Crippen LogP contribution in [0.5, 0.6) is 23.0 Å². The predicted molar refractivity (Wildman–Crippen MR) is 165 cm³/mol. The molecule has 2 N–H and O–H groups in total. The zero-order valence-corrected chi connectivity index (χ0v) is 26.6. The number of carbonyl (C=O) groups excluding carboxylic acids is 1. The van der Waals surface area contributed by atoms with E-state index in [0.29, 0.717) is 54.6 Å². The topological polar surface area (TPSA) is 113 Å². The monoisotopic (exact) mass is 583 g/mol. The van der Waals surface area contributed by atoms with E-state index in [1.807, 2.05) is 44.0 Å². The van der Waals surface area contributed by atoms with Gasteiger partial charge >= 0.3 is 0 Å². The van der Waals surface area contributed by atoms with E-state index in [9.17, 15) is 15.2 Å². The van der Waals surface area contributed by atoms with Gasteiger partial charge in [0.25, 0.3) is 5.91 Å². The molecule has 9 heteroatoms. The van der Waals surface area contributed by atoms with Crippen LogP contribution in [0.25, 0.3) is 0 Å². The molecule has 0 aliphatic carbocycles. The Kier molecular flexibility index (Phi) is 13.9. The van der Waals surface area contributed by atoms with Gasteiger partial charge < -0.3 is 34.3 Å². The van der Waals surface area contributed by atoms with Crippen molar-refractivity contribution in [3.63, 3.8) is 0 Å². The van der Waals surface area contributed by atoms with Crippen molar-refractivity contribution in [3.05, 3.63) is 47.0 Å². The number of aliphatic hydroxyl groups is 1. The zero-order chi connectivity index (χ0) is 31.3. The second-order valence-electron chi connectivity index (χ2n) is 11.0. The Morgan fingerprint density at radius 2 is 1.62 bits per heavy atom. The summed E-state index contributed by atoms with van der Waals surface area (Å²) in [6.45, 7) is 7.66. The number of hydrogen-bond acceptors (Lipinski definition) is 8. The van der Waals surface area contributed by atoms with E-state index in [4.69, 9.17) is 18.9 Å². The lowest BCUT2D eigenvalue weighted by atomic mass is 9.69. The lowest BCUT2D eigenvalue weighted by molar-refractivity contribution is 0.0924. The molecule has 0 spiro atoms. The minimum atomic E-state index is -0.924. The van der Waals surface area contributed by atoms with Crippen LogP contribution in [0.3, 0.4) is 0 Å². The number of nitriles is 1. The normalized spacial score (nSPS) is 13.3. The number of benzene rings is 2. The number of nitrogens with zero attached hydrogens (tertiary/aromatic N) is 2. The molecule has 2 unspecified atom stereocenters. The van der Waals surface area contributed by atoms with Gasteiger partial charge in [-0.3, -0.25) is 4.79 Å². The van der Waals surface area contributed by atoms with E-state index in [2.05, 4.69) is 18.3 Å². The number of ether oxygens (including phenoxy) is 4. The van der Waals surface area contributed by atoms with Crippen LogP contribution >= 0.6 is 0 Å². The van der Waals surface area contributed by atoms with Crippen LogP contribution in [0.2, 0.25) is 0 Å². The Bertz CT molecular complexity index is 1200. The van der Waals surface area contributed by atoms with Crippen LogP contribution in [0.1, 0.15) is 67.9 Å². The fourth-order valence-corrected chi connectivity index (χ4v) is 5.25. The Labute approximate surface area is 251 Å². The Morgan fingerprint density at radius 1 is 1.00 bits per heavy atom. The third-order valence-corrected chi connectivity index (χ3v) is 7.85. The van der Waals surface area contributed by atoms with Gasteiger partial charge in [0.2, 0.25) is 0 Å². The summed E-state index contributed by atoms with van der Waals surface area (Å²) in [6, 6.07) is 11.6. The molecular weight excluding hydrogens is 534 g/mol. The molecule has 0 bridgehead atoms. The van der Waals surface area contributed by atoms with E-state index in [0.717, 1.165) is 30.4 Å². The molecule has 2 rings (SSSR count). The summed E-state index contributed by atoms with van der Waals surface area (Å²) in [5.74, 6) is 1.98. The molecule has 0 aliphatic rings. The average Bonchev–Trinajstić information content (AvgIpc) is 2.99. The molecule has 2 aromatic rings. The van der Waals surface area contributed by atoms with Crippen molar-refractivity contribution in [3.8, 4) is 29.1 Å². The van der Waals surface area contributed by atoms with Crippen LogP contribution in [0.4, 0.5) is 0 Å². The summed E-state index contributed by atoms with van der Waals surface area (Å²) in [4.78, 5) is 15.1. The lowest BCUT2D eigenvalue weighted by Crippen LogP contribution is -2.39. The smallest absolute Gasteiger partial charge is 0.251 e. The van der Waals surface area contributed by atoms with Gasteiger partial charge in [0.15, 0.2) is 23.0 Å². The van der Waals surface area contributed by atoms with Crippen molar-refractivity contribution in [2.45, 2.75) is 64.4 Å². The Balaban J connectivity index is 2.19. The van der Waals surface area contributed by atoms with Gasteiger partial charge in [-0.1, -0.05) is 39.7 Å². The van der Waals surface area contributed by atoms with Gasteiger partial charge in [-0.05, 0) is 67.6 Å². The van der Waals surface area contributed by atoms with Crippen LogP contribution in [0.15, 0.2) is 30.3 Å². The standard InChI is InChI=1S/C33H49N3O6/c1-9-10-11-15-35-32(38)27-19-31(42-8)29(40-6)17-24(27)14-16-36(4)21-26(37)20-33(22-34,23(2)3)25-12-13-28(39-5)30(18-25)41-7/h12-13,17-19,23,26,37H,9-11,14-16,20-21H2,1-8H3,(H,35,38). The predicted octanol–water partition coefficient (Wildman–Crippen LogP) is 4.98. The van der Waals surface area contributed by atoms with Crippen LogP contribution in [0, 0.1) is 17.2 Å². The first-order chi connectivity index (χ1) is 20.1. The van der Waals surface area contributed by atoms with Gasteiger partial charge in [-0.25, -0.2) is 0 Å². The Hall–Kier alpha value is -3.48. The van der Waals surface area contributed by atoms with Crippen molar-refractivity contribution in [1.29, 1.82) is 5.26 Å². The molecule has 0 saturated carbocycles. The van der Waals surface area contributed by atoms with E-state index in [-0.39, 0.29) is 18.2 Å². The van der Waals surface area contributed by atoms with Gasteiger partial charge in [-0.2, -0.15) is 5.26 Å². The molecule has 0 fully saturated rings. The second-order valence-corrected chi connectivity index (χ2v) is 11.0. The third kappa shape index (κ3) is 8.76. The van der Waals surface area contributed by atoms with E-state index in [1.54, 1.807) is 40.6 Å². The molecule has 9 nitrogen and oxygen atoms in total. The highest BCUT2D eigenvalue weighted by Gasteiger charge is 2.39. The van der Waals surface area contributed by atoms with Gasteiger partial charge in [0.05, 0.1) is 46.0 Å². The minimum Gasteiger partial charge on any atom is -0.493 e. The third-order valence-electron chi connectivity index (χ3n) is 7.85. The van der Waals surface area contributed by atoms with Crippen LogP contribution in [-0.4, -0.2) is 77.1 Å². The van der Waals surface area contributed by atoms with Crippen molar-refractivity contribution in [2.75, 3.05) is 55.1 Å². The molecule has 232 valence electrons. The highest BCUT2D eigenvalue weighted by Crippen LogP contribution is 2.40. The van der Waals surface area contributed by atoms with Gasteiger partial charge in [0.1, 0.15) is 0 Å². The van der Waals surface area contributed by atoms with Crippen molar-refractivity contribution in [1.82, 2.24) is 10.2 Å². The summed E-state index contributed by atoms with van der Waals surface area (Å²) in [7, 11) is 8.18. The summed E-state index contributed by atoms with van der Waals surface area (Å²) < 4.78 is 21.8. The minimum absolute atomic E-state index is 0.0642. The summed E-state index contributed by atoms with van der Waals surface area (Å²) in [5.41, 5.74) is 1.24. The number of amides is 1. The molecule has 0 aromatic heterocycles. The SMILES string of the molecule is CCCCCNC(=O)c1cc(OC)c(OC)cc1CCN(C)CC(O)CC(C#N)(c1ccc(OC)c(OC)c1)C(C)C. The van der Waals surface area contributed by atoms with Crippen LogP contribution in [-0.2, 0) is 11.8 Å². The number of aliphatic hydroxyl groups excluding tert-OH is 1. The van der Waals surface area contributed by atoms with Gasteiger partial charge in [0, 0.05) is 25.2 Å². The molecule has 1 amide bonds. The lowest BCUT2D eigenvalue weighted by Gasteiger charge is -2.34. The molecule has 42 heavy (non-hydrogen) atoms. The fraction of sp³-hybridized carbons (Fsp3) is 0.576. The molecule has 0 radical (unpaired) electrons. The number of carbonyl (C=O) groups is 1. The second kappa shape index (κ2) is 16.8. The van der Waals surface area contributed by atoms with Crippen molar-refractivity contribution in [2.24, 2.45) is 5.92 Å². The maximum Gasteiger partial charge on any atom is 0.251 e. The fourth-order valence-electron chi connectivity index (χ4n) is 5.25. The molecular formula is C33H49N3O6. The highest BCUT2D eigenvalue weighted by molar-refractivity contribution is 5.96. The largest absolute Gasteiger partial charge is 0.493 e. The highest BCUT2D eigenvalue weighted by atomic mass is 16.5. The van der Waals surface area contributed by atoms with Gasteiger partial charge in [-0.15, -0.1) is 0 Å². The average molecular weight is 584 g/mol. The maximum absolute atomic E-state index is 13.1. The summed E-state index contributed by atoms with van der Waals surface area (Å²) in [5, 5.41) is 24.6. The first-order valence-corrected chi connectivity index (χ1v) is 14.6. The van der Waals surface area contributed by atoms with E-state index in [1.165, 1.54) is 0 Å². The Morgan fingerprint density at radius 3 is 2.19 bits per heavy atom. The zero-order valence-electron chi connectivity index (χ0n) is 26.6. The number of methoxy groups -OCH3 is 4. The van der Waals surface area contributed by atoms with E-state index < -0.39 is 11.5 Å². The summed E-state index contributed by atoms with van der Waals surface area (Å²) >= 11 is 0. The number of unbranched alkanes of at least 4 members (excludes halogenated alkanes) is 2. The molecule has 0 heterocycles. The molecule has 0 aliphatic heterocycles. The van der Waals surface area contributed by atoms with Crippen molar-refractivity contribution >= 4 is 5.91 Å². The summed E-state index contributed by atoms with van der Waals surface area (Å²) in [6.07, 6.45) is 3.11. The molecule has 2 aromatic carbocycles. The quantitative estimate of drug-likeness (QED) is 0.236. The number of nitrogens with one attached hydrogen (secondary N) is 1.